The molecule has 0 rings (SSSR count). The van der Waals surface area contributed by atoms with Gasteiger partial charge in [-0.25, -0.2) is 0 Å². The van der Waals surface area contributed by atoms with Crippen molar-refractivity contribution in [3.05, 3.63) is 0 Å². The summed E-state index contributed by atoms with van der Waals surface area (Å²) in [5, 5.41) is 0. The molecule has 0 aliphatic rings. The van der Waals surface area contributed by atoms with Crippen molar-refractivity contribution in [3.63, 3.8) is 0 Å². The Bertz CT molecular complexity index is 315. The molecule has 0 aromatic heterocycles. The molecule has 1 unspecified atom stereocenters. The quantitative estimate of drug-likeness (QED) is 0.103. The van der Waals surface area contributed by atoms with Crippen LogP contribution in [0.25, 0.3) is 0 Å². The maximum absolute atomic E-state index is 6.37. The van der Waals surface area contributed by atoms with Crippen molar-refractivity contribution < 1.29 is 13.3 Å². The molecule has 0 saturated heterocycles. The van der Waals surface area contributed by atoms with Gasteiger partial charge in [-0.05, 0) is 48.0 Å². The van der Waals surface area contributed by atoms with Crippen LogP contribution in [0.3, 0.4) is 0 Å². The lowest BCUT2D eigenvalue weighted by atomic mass is 10.1. The lowest BCUT2D eigenvalue weighted by Gasteiger charge is -2.38. The molecule has 0 aliphatic heterocycles. The summed E-state index contributed by atoms with van der Waals surface area (Å²) in [6.45, 7) is 14.7. The number of thiol groups is 1. The van der Waals surface area contributed by atoms with E-state index in [9.17, 15) is 0 Å². The van der Waals surface area contributed by atoms with Crippen LogP contribution < -0.4 is 0 Å². The maximum atomic E-state index is 6.37. The van der Waals surface area contributed by atoms with Crippen LogP contribution in [0.4, 0.5) is 0 Å². The monoisotopic (exact) mass is 438 g/mol. The van der Waals surface area contributed by atoms with Crippen LogP contribution in [0, 0.1) is 0 Å². The van der Waals surface area contributed by atoms with E-state index in [0.717, 1.165) is 6.42 Å². The molecule has 0 radical (unpaired) electrons. The third-order valence-corrected chi connectivity index (χ3v) is 10.8. The van der Waals surface area contributed by atoms with Crippen LogP contribution in [-0.4, -0.2) is 32.0 Å². The van der Waals surface area contributed by atoms with Gasteiger partial charge in [-0.15, -0.1) is 11.7 Å². The first-order valence-corrected chi connectivity index (χ1v) is 14.8. The van der Waals surface area contributed by atoms with E-state index in [1.54, 1.807) is 10.8 Å². The number of hydrogen-bond donors (Lipinski definition) is 1. The standard InChI is InChI=1S/C21H46O3S2Si/c1-8-9-10-11-12-13-14-15-16-17-21(26-25)27(22-18(2)3,23-19(4)5)24-20(6)7/h18-21,25H,8-17H2,1-7H3. The second-order valence-corrected chi connectivity index (χ2v) is 12.8. The normalized spacial score (nSPS) is 13.9. The molecule has 0 bridgehead atoms. The van der Waals surface area contributed by atoms with Crippen molar-refractivity contribution in [3.8, 4) is 0 Å². The lowest BCUT2D eigenvalue weighted by molar-refractivity contribution is 0.00126. The fourth-order valence-electron chi connectivity index (χ4n) is 3.23. The largest absolute Gasteiger partial charge is 0.516 e. The Balaban J connectivity index is 4.61. The van der Waals surface area contributed by atoms with E-state index < -0.39 is 8.80 Å². The average molecular weight is 439 g/mol. The van der Waals surface area contributed by atoms with Crippen LogP contribution in [0.1, 0.15) is 113 Å². The van der Waals surface area contributed by atoms with E-state index in [-0.39, 0.29) is 23.2 Å². The van der Waals surface area contributed by atoms with E-state index >= 15 is 0 Å². The summed E-state index contributed by atoms with van der Waals surface area (Å²) < 4.78 is 19.1. The first-order chi connectivity index (χ1) is 12.8. The molecule has 1 atom stereocenters. The van der Waals surface area contributed by atoms with Crippen molar-refractivity contribution in [1.82, 2.24) is 0 Å². The summed E-state index contributed by atoms with van der Waals surface area (Å²) in [4.78, 5) is 0.178. The summed E-state index contributed by atoms with van der Waals surface area (Å²) in [6.07, 6.45) is 13.3. The van der Waals surface area contributed by atoms with Crippen LogP contribution in [0.2, 0.25) is 0 Å². The summed E-state index contributed by atoms with van der Waals surface area (Å²) in [5.41, 5.74) is 0. The number of rotatable bonds is 18. The molecule has 0 fully saturated rings. The van der Waals surface area contributed by atoms with E-state index in [1.807, 2.05) is 0 Å². The van der Waals surface area contributed by atoms with Gasteiger partial charge in [0, 0.05) is 18.3 Å². The fraction of sp³-hybridized carbons (Fsp3) is 1.00. The molecule has 0 N–H and O–H groups in total. The van der Waals surface area contributed by atoms with Crippen LogP contribution in [0.15, 0.2) is 0 Å². The summed E-state index contributed by atoms with van der Waals surface area (Å²) in [7, 11) is -1.26. The molecule has 0 aromatic rings. The molecular weight excluding hydrogens is 392 g/mol. The van der Waals surface area contributed by atoms with Gasteiger partial charge in [-0.1, -0.05) is 75.5 Å². The minimum Gasteiger partial charge on any atom is -0.370 e. The third-order valence-electron chi connectivity index (χ3n) is 4.29. The zero-order valence-corrected chi connectivity index (χ0v) is 21.7. The van der Waals surface area contributed by atoms with E-state index in [0.29, 0.717) is 0 Å². The zero-order chi connectivity index (χ0) is 20.7. The Morgan fingerprint density at radius 1 is 0.667 bits per heavy atom. The first-order valence-electron chi connectivity index (χ1n) is 11.1. The van der Waals surface area contributed by atoms with Gasteiger partial charge in [0.05, 0.1) is 4.87 Å². The summed E-state index contributed by atoms with van der Waals surface area (Å²) >= 11 is 4.58. The zero-order valence-electron chi connectivity index (χ0n) is 19.0. The SMILES string of the molecule is CCCCCCCCCCCC(SS)[Si](OC(C)C)(OC(C)C)OC(C)C. The van der Waals surface area contributed by atoms with Gasteiger partial charge >= 0.3 is 8.80 Å². The van der Waals surface area contributed by atoms with Crippen molar-refractivity contribution in [2.24, 2.45) is 0 Å². The highest BCUT2D eigenvalue weighted by molar-refractivity contribution is 8.69. The smallest absolute Gasteiger partial charge is 0.370 e. The average Bonchev–Trinajstić information content (AvgIpc) is 2.54. The molecule has 0 heterocycles. The highest BCUT2D eigenvalue weighted by atomic mass is 33.1. The molecule has 164 valence electrons. The van der Waals surface area contributed by atoms with Crippen LogP contribution >= 0.6 is 22.5 Å². The topological polar surface area (TPSA) is 27.7 Å². The van der Waals surface area contributed by atoms with Gasteiger partial charge in [0.25, 0.3) is 0 Å². The van der Waals surface area contributed by atoms with E-state index in [4.69, 9.17) is 13.3 Å². The fourth-order valence-corrected chi connectivity index (χ4v) is 9.15. The predicted octanol–water partition coefficient (Wildman–Crippen LogP) is 7.61. The van der Waals surface area contributed by atoms with Crippen molar-refractivity contribution in [1.29, 1.82) is 0 Å². The molecule has 0 saturated carbocycles. The van der Waals surface area contributed by atoms with E-state index in [1.165, 1.54) is 57.8 Å². The molecule has 0 aliphatic carbocycles. The summed E-state index contributed by atoms with van der Waals surface area (Å²) in [6, 6.07) is 0. The van der Waals surface area contributed by atoms with Gasteiger partial charge in [-0.3, -0.25) is 0 Å². The Labute approximate surface area is 180 Å². The van der Waals surface area contributed by atoms with E-state index in [2.05, 4.69) is 60.1 Å². The maximum Gasteiger partial charge on any atom is 0.516 e. The van der Waals surface area contributed by atoms with Gasteiger partial charge in [0.15, 0.2) is 0 Å². The second kappa shape index (κ2) is 16.6. The van der Waals surface area contributed by atoms with Crippen molar-refractivity contribution in [2.45, 2.75) is 136 Å². The molecule has 0 aromatic carbocycles. The van der Waals surface area contributed by atoms with Crippen LogP contribution in [-0.2, 0) is 13.3 Å². The Kier molecular flexibility index (Phi) is 17.1. The van der Waals surface area contributed by atoms with Crippen molar-refractivity contribution >= 4 is 31.3 Å². The Morgan fingerprint density at radius 3 is 1.37 bits per heavy atom. The molecule has 6 heteroatoms. The molecule has 0 amide bonds. The first kappa shape index (κ1) is 27.8. The molecule has 0 spiro atoms. The number of hydrogen-bond acceptors (Lipinski definition) is 5. The third kappa shape index (κ3) is 13.6. The minimum absolute atomic E-state index is 0.0836. The van der Waals surface area contributed by atoms with Gasteiger partial charge < -0.3 is 13.3 Å². The minimum atomic E-state index is -2.82. The van der Waals surface area contributed by atoms with Crippen molar-refractivity contribution in [2.75, 3.05) is 0 Å². The molecule has 3 nitrogen and oxygen atoms in total. The Hall–Kier alpha value is 0.797. The predicted molar refractivity (Wildman–Crippen MR) is 127 cm³/mol. The van der Waals surface area contributed by atoms with Gasteiger partial charge in [0.1, 0.15) is 0 Å². The Morgan fingerprint density at radius 2 is 1.04 bits per heavy atom. The lowest BCUT2D eigenvalue weighted by Crippen LogP contribution is -2.58. The summed E-state index contributed by atoms with van der Waals surface area (Å²) in [5.74, 6) is 0. The molecule has 27 heavy (non-hydrogen) atoms. The highest BCUT2D eigenvalue weighted by Crippen LogP contribution is 2.34. The number of unbranched alkanes of at least 4 members (excludes halogenated alkanes) is 8. The molecular formula is C21H46O3S2Si. The van der Waals surface area contributed by atoms with Gasteiger partial charge in [-0.2, -0.15) is 0 Å². The highest BCUT2D eigenvalue weighted by Gasteiger charge is 2.51. The van der Waals surface area contributed by atoms with Gasteiger partial charge in [0.2, 0.25) is 0 Å². The van der Waals surface area contributed by atoms with Crippen LogP contribution in [0.5, 0.6) is 0 Å². The second-order valence-electron chi connectivity index (χ2n) is 8.31.